The Morgan fingerprint density at radius 1 is 1.47 bits per heavy atom. The van der Waals surface area contributed by atoms with Crippen LogP contribution in [0.15, 0.2) is 18.3 Å². The zero-order valence-electron chi connectivity index (χ0n) is 11.3. The third-order valence-corrected chi connectivity index (χ3v) is 2.57. The smallest absolute Gasteiger partial charge is 0.341 e. The molecule has 3 N–H and O–H groups in total. The highest BCUT2D eigenvalue weighted by Gasteiger charge is 2.22. The summed E-state index contributed by atoms with van der Waals surface area (Å²) in [6.45, 7) is 5.71. The fraction of sp³-hybridized carbons (Fsp3) is 0.462. The minimum atomic E-state index is -0.594. The molecule has 0 aliphatic heterocycles. The maximum Gasteiger partial charge on any atom is 0.341 e. The molecule has 0 saturated heterocycles. The van der Waals surface area contributed by atoms with Crippen LogP contribution in [0.1, 0.15) is 31.1 Å². The minimum Gasteiger partial charge on any atom is -0.462 e. The molecule has 1 aromatic rings. The van der Waals surface area contributed by atoms with Crippen molar-refractivity contribution in [2.24, 2.45) is 11.7 Å². The van der Waals surface area contributed by atoms with Crippen molar-refractivity contribution in [2.75, 3.05) is 11.9 Å². The van der Waals surface area contributed by atoms with Gasteiger partial charge in [0.2, 0.25) is 5.91 Å². The predicted octanol–water partition coefficient (Wildman–Crippen LogP) is 1.18. The number of hydrogen-bond donors (Lipinski definition) is 2. The number of pyridine rings is 1. The van der Waals surface area contributed by atoms with Crippen molar-refractivity contribution >= 4 is 17.7 Å². The Labute approximate surface area is 112 Å². The van der Waals surface area contributed by atoms with E-state index < -0.39 is 17.9 Å². The van der Waals surface area contributed by atoms with Gasteiger partial charge in [-0.3, -0.25) is 4.79 Å². The highest BCUT2D eigenvalue weighted by Crippen LogP contribution is 2.16. The lowest BCUT2D eigenvalue weighted by Gasteiger charge is -2.20. The molecule has 0 bridgehead atoms. The summed E-state index contributed by atoms with van der Waals surface area (Å²) in [5.74, 6) is -0.687. The zero-order chi connectivity index (χ0) is 14.4. The first-order chi connectivity index (χ1) is 8.97. The normalized spacial score (nSPS) is 12.0. The highest BCUT2D eigenvalue weighted by atomic mass is 16.5. The van der Waals surface area contributed by atoms with E-state index in [0.717, 1.165) is 0 Å². The fourth-order valence-electron chi connectivity index (χ4n) is 1.61. The van der Waals surface area contributed by atoms with Crippen LogP contribution in [0, 0.1) is 5.92 Å². The van der Waals surface area contributed by atoms with Gasteiger partial charge in [0.1, 0.15) is 17.4 Å². The van der Waals surface area contributed by atoms with Gasteiger partial charge in [-0.25, -0.2) is 9.78 Å². The Balaban J connectivity index is 3.00. The molecule has 1 aromatic heterocycles. The van der Waals surface area contributed by atoms with Gasteiger partial charge >= 0.3 is 5.97 Å². The van der Waals surface area contributed by atoms with E-state index in [-0.39, 0.29) is 18.1 Å². The van der Waals surface area contributed by atoms with Crippen LogP contribution in [0.25, 0.3) is 0 Å². The standard InChI is InChI=1S/C13H19N3O3/c1-4-19-13(18)9-6-5-7-15-12(9)16-10(8(2)3)11(14)17/h5-8,10H,4H2,1-3H3,(H2,14,17)(H,15,16). The van der Waals surface area contributed by atoms with E-state index in [9.17, 15) is 9.59 Å². The quantitative estimate of drug-likeness (QED) is 0.753. The van der Waals surface area contributed by atoms with E-state index in [4.69, 9.17) is 10.5 Å². The second-order valence-electron chi connectivity index (χ2n) is 4.39. The summed E-state index contributed by atoms with van der Waals surface area (Å²) in [7, 11) is 0. The van der Waals surface area contributed by atoms with E-state index in [0.29, 0.717) is 5.82 Å². The van der Waals surface area contributed by atoms with E-state index in [1.807, 2.05) is 13.8 Å². The van der Waals surface area contributed by atoms with Gasteiger partial charge in [-0.05, 0) is 25.0 Å². The van der Waals surface area contributed by atoms with Crippen LogP contribution in [0.4, 0.5) is 5.82 Å². The van der Waals surface area contributed by atoms with Crippen LogP contribution in [0.3, 0.4) is 0 Å². The second kappa shape index (κ2) is 6.72. The first kappa shape index (κ1) is 14.9. The number of carbonyl (C=O) groups excluding carboxylic acids is 2. The summed E-state index contributed by atoms with van der Waals surface area (Å²) >= 11 is 0. The average molecular weight is 265 g/mol. The number of hydrogen-bond acceptors (Lipinski definition) is 5. The number of nitrogens with zero attached hydrogens (tertiary/aromatic N) is 1. The van der Waals surface area contributed by atoms with Crippen LogP contribution in [-0.4, -0.2) is 29.5 Å². The van der Waals surface area contributed by atoms with Crippen LogP contribution < -0.4 is 11.1 Å². The molecule has 0 saturated carbocycles. The maximum absolute atomic E-state index is 11.8. The predicted molar refractivity (Wildman–Crippen MR) is 71.6 cm³/mol. The van der Waals surface area contributed by atoms with Crippen LogP contribution in [-0.2, 0) is 9.53 Å². The molecule has 1 rings (SSSR count). The van der Waals surface area contributed by atoms with E-state index in [1.54, 1.807) is 19.1 Å². The minimum absolute atomic E-state index is 0.0189. The van der Waals surface area contributed by atoms with E-state index >= 15 is 0 Å². The molecule has 0 spiro atoms. The maximum atomic E-state index is 11.8. The average Bonchev–Trinajstić information content (AvgIpc) is 2.35. The molecule has 6 nitrogen and oxygen atoms in total. The lowest BCUT2D eigenvalue weighted by molar-refractivity contribution is -0.119. The summed E-state index contributed by atoms with van der Waals surface area (Å²) < 4.78 is 4.94. The molecule has 0 aromatic carbocycles. The Kier molecular flexibility index (Phi) is 5.29. The summed E-state index contributed by atoms with van der Waals surface area (Å²) in [5.41, 5.74) is 5.61. The van der Waals surface area contributed by atoms with Gasteiger partial charge < -0.3 is 15.8 Å². The molecular weight excluding hydrogens is 246 g/mol. The third-order valence-electron chi connectivity index (χ3n) is 2.57. The number of anilines is 1. The summed E-state index contributed by atoms with van der Waals surface area (Å²) in [6.07, 6.45) is 1.53. The van der Waals surface area contributed by atoms with Gasteiger partial charge in [-0.2, -0.15) is 0 Å². The first-order valence-electron chi connectivity index (χ1n) is 6.15. The Bertz CT molecular complexity index is 460. The first-order valence-corrected chi connectivity index (χ1v) is 6.15. The van der Waals surface area contributed by atoms with Gasteiger partial charge in [-0.15, -0.1) is 0 Å². The Morgan fingerprint density at radius 3 is 2.68 bits per heavy atom. The second-order valence-corrected chi connectivity index (χ2v) is 4.39. The van der Waals surface area contributed by atoms with Crippen molar-refractivity contribution in [3.63, 3.8) is 0 Å². The molecule has 1 heterocycles. The van der Waals surface area contributed by atoms with Gasteiger partial charge in [0.05, 0.1) is 6.61 Å². The molecule has 6 heteroatoms. The molecular formula is C13H19N3O3. The molecule has 0 fully saturated rings. The molecule has 104 valence electrons. The summed E-state index contributed by atoms with van der Waals surface area (Å²) in [5, 5.41) is 2.90. The van der Waals surface area contributed by atoms with Gasteiger partial charge in [-0.1, -0.05) is 13.8 Å². The number of aromatic nitrogens is 1. The van der Waals surface area contributed by atoms with E-state index in [2.05, 4.69) is 10.3 Å². The van der Waals surface area contributed by atoms with Gasteiger partial charge in [0.15, 0.2) is 0 Å². The number of carbonyl (C=O) groups is 2. The number of esters is 1. The number of ether oxygens (including phenoxy) is 1. The number of rotatable bonds is 6. The number of amides is 1. The summed E-state index contributed by atoms with van der Waals surface area (Å²) in [6, 6.07) is 2.63. The molecule has 0 radical (unpaired) electrons. The molecule has 0 aliphatic rings. The molecule has 1 atom stereocenters. The Morgan fingerprint density at radius 2 is 2.16 bits per heavy atom. The summed E-state index contributed by atoms with van der Waals surface area (Å²) in [4.78, 5) is 27.2. The molecule has 1 amide bonds. The largest absolute Gasteiger partial charge is 0.462 e. The lowest BCUT2D eigenvalue weighted by Crippen LogP contribution is -2.40. The third kappa shape index (κ3) is 3.94. The van der Waals surface area contributed by atoms with E-state index in [1.165, 1.54) is 6.20 Å². The number of nitrogens with two attached hydrogens (primary N) is 1. The lowest BCUT2D eigenvalue weighted by atomic mass is 10.0. The number of primary amides is 1. The van der Waals surface area contributed by atoms with Crippen molar-refractivity contribution in [3.8, 4) is 0 Å². The highest BCUT2D eigenvalue weighted by molar-refractivity contribution is 5.95. The number of nitrogens with one attached hydrogen (secondary N) is 1. The van der Waals surface area contributed by atoms with Crippen molar-refractivity contribution in [1.82, 2.24) is 4.98 Å². The Hall–Kier alpha value is -2.11. The molecule has 0 aliphatic carbocycles. The molecule has 1 unspecified atom stereocenters. The monoisotopic (exact) mass is 265 g/mol. The van der Waals surface area contributed by atoms with Crippen molar-refractivity contribution in [2.45, 2.75) is 26.8 Å². The fourth-order valence-corrected chi connectivity index (χ4v) is 1.61. The zero-order valence-corrected chi connectivity index (χ0v) is 11.3. The van der Waals surface area contributed by atoms with Crippen LogP contribution >= 0.6 is 0 Å². The van der Waals surface area contributed by atoms with Crippen LogP contribution in [0.2, 0.25) is 0 Å². The van der Waals surface area contributed by atoms with Crippen molar-refractivity contribution < 1.29 is 14.3 Å². The molecule has 19 heavy (non-hydrogen) atoms. The topological polar surface area (TPSA) is 94.3 Å². The van der Waals surface area contributed by atoms with Crippen molar-refractivity contribution in [3.05, 3.63) is 23.9 Å². The van der Waals surface area contributed by atoms with Crippen LogP contribution in [0.5, 0.6) is 0 Å². The van der Waals surface area contributed by atoms with Gasteiger partial charge in [0.25, 0.3) is 0 Å². The van der Waals surface area contributed by atoms with Gasteiger partial charge in [0, 0.05) is 6.20 Å². The SMILES string of the molecule is CCOC(=O)c1cccnc1NC(C(N)=O)C(C)C. The van der Waals surface area contributed by atoms with Crippen molar-refractivity contribution in [1.29, 1.82) is 0 Å².